The minimum absolute atomic E-state index is 0.0827. The summed E-state index contributed by atoms with van der Waals surface area (Å²) in [5, 5.41) is 14.0. The molecule has 2 rings (SSSR count). The molecular weight excluding hydrogens is 264 g/mol. The molecule has 0 radical (unpaired) electrons. The Labute approximate surface area is 114 Å². The summed E-state index contributed by atoms with van der Waals surface area (Å²) in [5.74, 6) is 6.07. The Morgan fingerprint density at radius 1 is 1.50 bits per heavy atom. The van der Waals surface area contributed by atoms with Gasteiger partial charge in [-0.2, -0.15) is 4.98 Å². The third-order valence-corrected chi connectivity index (χ3v) is 2.69. The van der Waals surface area contributed by atoms with Crippen LogP contribution in [0.1, 0.15) is 24.4 Å². The van der Waals surface area contributed by atoms with Crippen molar-refractivity contribution < 1.29 is 9.34 Å². The predicted molar refractivity (Wildman–Crippen MR) is 72.0 cm³/mol. The number of nitrogens with one attached hydrogen (secondary N) is 2. The first-order valence-corrected chi connectivity index (χ1v) is 5.82. The maximum atomic E-state index is 11.1. The van der Waals surface area contributed by atoms with Crippen LogP contribution in [0.2, 0.25) is 0 Å². The van der Waals surface area contributed by atoms with Crippen molar-refractivity contribution in [2.75, 3.05) is 10.7 Å². The lowest BCUT2D eigenvalue weighted by Crippen LogP contribution is -2.16. The highest BCUT2D eigenvalue weighted by Crippen LogP contribution is 2.29. The lowest BCUT2D eigenvalue weighted by molar-refractivity contribution is -0.385. The second-order valence-corrected chi connectivity index (χ2v) is 4.11. The number of hydrogen-bond acceptors (Lipinski definition) is 8. The zero-order valence-corrected chi connectivity index (χ0v) is 11.0. The minimum Gasteiger partial charge on any atom is -0.467 e. The number of rotatable bonds is 5. The van der Waals surface area contributed by atoms with Crippen molar-refractivity contribution >= 4 is 17.5 Å². The predicted octanol–water partition coefficient (Wildman–Crippen LogP) is 1.74. The summed E-state index contributed by atoms with van der Waals surface area (Å²) in [5.41, 5.74) is 2.30. The molecule has 0 saturated carbocycles. The van der Waals surface area contributed by atoms with Gasteiger partial charge in [-0.25, -0.2) is 10.8 Å². The van der Waals surface area contributed by atoms with Crippen LogP contribution in [0.25, 0.3) is 0 Å². The second-order valence-electron chi connectivity index (χ2n) is 4.11. The topological polar surface area (TPSA) is 132 Å². The average Bonchev–Trinajstić information content (AvgIpc) is 2.91. The van der Waals surface area contributed by atoms with E-state index in [1.54, 1.807) is 19.1 Å². The van der Waals surface area contributed by atoms with Gasteiger partial charge in [0.2, 0.25) is 11.8 Å². The normalized spacial score (nSPS) is 11.9. The van der Waals surface area contributed by atoms with E-state index in [4.69, 9.17) is 10.3 Å². The number of anilines is 2. The van der Waals surface area contributed by atoms with Crippen LogP contribution in [0.15, 0.2) is 22.8 Å². The van der Waals surface area contributed by atoms with Crippen molar-refractivity contribution in [1.29, 1.82) is 0 Å². The molecule has 0 fully saturated rings. The van der Waals surface area contributed by atoms with Crippen molar-refractivity contribution in [3.05, 3.63) is 40.0 Å². The number of aryl methyl sites for hydroxylation is 1. The van der Waals surface area contributed by atoms with Gasteiger partial charge in [-0.3, -0.25) is 15.5 Å². The number of aromatic nitrogens is 2. The first kappa shape index (κ1) is 13.7. The maximum Gasteiger partial charge on any atom is 0.332 e. The van der Waals surface area contributed by atoms with E-state index in [0.717, 1.165) is 0 Å². The average molecular weight is 278 g/mol. The molecule has 9 nitrogen and oxygen atoms in total. The third kappa shape index (κ3) is 2.67. The van der Waals surface area contributed by atoms with E-state index in [2.05, 4.69) is 20.7 Å². The standard InChI is InChI=1S/C11H14N6O3/c1-6(8-4-3-5-20-8)13-10-9(17(18)19)7(2)14-11(15-10)16-12/h3-6H,12H2,1-2H3,(H2,13,14,15,16). The van der Waals surface area contributed by atoms with Gasteiger partial charge in [-0.15, -0.1) is 0 Å². The summed E-state index contributed by atoms with van der Waals surface area (Å²) in [4.78, 5) is 18.5. The third-order valence-electron chi connectivity index (χ3n) is 2.69. The lowest BCUT2D eigenvalue weighted by Gasteiger charge is -2.13. The van der Waals surface area contributed by atoms with Crippen LogP contribution in [-0.2, 0) is 0 Å². The number of hydrogen-bond donors (Lipinski definition) is 3. The zero-order valence-electron chi connectivity index (χ0n) is 11.0. The van der Waals surface area contributed by atoms with Crippen LogP contribution in [0.3, 0.4) is 0 Å². The Bertz CT molecular complexity index is 613. The summed E-state index contributed by atoms with van der Waals surface area (Å²) >= 11 is 0. The highest BCUT2D eigenvalue weighted by atomic mass is 16.6. The van der Waals surface area contributed by atoms with Crippen molar-refractivity contribution in [2.24, 2.45) is 5.84 Å². The van der Waals surface area contributed by atoms with Gasteiger partial charge in [0.25, 0.3) is 0 Å². The van der Waals surface area contributed by atoms with E-state index in [1.807, 2.05) is 0 Å². The Hall–Kier alpha value is -2.68. The molecule has 106 valence electrons. The van der Waals surface area contributed by atoms with Crippen molar-refractivity contribution in [2.45, 2.75) is 19.9 Å². The summed E-state index contributed by atoms with van der Waals surface area (Å²) in [6.07, 6.45) is 1.53. The van der Waals surface area contributed by atoms with Gasteiger partial charge in [-0.05, 0) is 26.0 Å². The van der Waals surface area contributed by atoms with E-state index >= 15 is 0 Å². The number of nitro groups is 1. The highest BCUT2D eigenvalue weighted by Gasteiger charge is 2.24. The Morgan fingerprint density at radius 3 is 2.80 bits per heavy atom. The molecule has 0 bridgehead atoms. The molecular formula is C11H14N6O3. The fourth-order valence-electron chi connectivity index (χ4n) is 1.76. The highest BCUT2D eigenvalue weighted by molar-refractivity contribution is 5.61. The number of nitrogen functional groups attached to an aromatic ring is 1. The van der Waals surface area contributed by atoms with E-state index in [0.29, 0.717) is 5.76 Å². The molecule has 1 atom stereocenters. The van der Waals surface area contributed by atoms with E-state index in [9.17, 15) is 10.1 Å². The number of nitrogens with two attached hydrogens (primary N) is 1. The quantitative estimate of drug-likeness (QED) is 0.428. The monoisotopic (exact) mass is 278 g/mol. The molecule has 9 heteroatoms. The van der Waals surface area contributed by atoms with Crippen molar-refractivity contribution in [3.8, 4) is 0 Å². The van der Waals surface area contributed by atoms with Gasteiger partial charge in [0.15, 0.2) is 0 Å². The first-order chi connectivity index (χ1) is 9.52. The summed E-state index contributed by atoms with van der Waals surface area (Å²) in [6, 6.07) is 3.21. The zero-order chi connectivity index (χ0) is 14.7. The van der Waals surface area contributed by atoms with Gasteiger partial charge >= 0.3 is 5.69 Å². The Kier molecular flexibility index (Phi) is 3.80. The Morgan fingerprint density at radius 2 is 2.25 bits per heavy atom. The molecule has 2 aromatic rings. The van der Waals surface area contributed by atoms with Gasteiger partial charge in [-0.1, -0.05) is 0 Å². The van der Waals surface area contributed by atoms with Crippen LogP contribution in [0, 0.1) is 17.0 Å². The second kappa shape index (κ2) is 5.53. The lowest BCUT2D eigenvalue weighted by atomic mass is 10.2. The minimum atomic E-state index is -0.535. The molecule has 0 aliphatic heterocycles. The molecule has 0 aliphatic rings. The van der Waals surface area contributed by atoms with Crippen molar-refractivity contribution in [1.82, 2.24) is 9.97 Å². The molecule has 20 heavy (non-hydrogen) atoms. The van der Waals surface area contributed by atoms with Crippen LogP contribution < -0.4 is 16.6 Å². The molecule has 1 unspecified atom stereocenters. The molecule has 0 aromatic carbocycles. The summed E-state index contributed by atoms with van der Waals surface area (Å²) < 4.78 is 5.24. The van der Waals surface area contributed by atoms with Gasteiger partial charge in [0.1, 0.15) is 11.5 Å². The molecule has 2 aromatic heterocycles. The van der Waals surface area contributed by atoms with E-state index < -0.39 is 4.92 Å². The smallest absolute Gasteiger partial charge is 0.332 e. The van der Waals surface area contributed by atoms with Crippen LogP contribution in [0.5, 0.6) is 0 Å². The van der Waals surface area contributed by atoms with Gasteiger partial charge < -0.3 is 9.73 Å². The molecule has 0 amide bonds. The maximum absolute atomic E-state index is 11.1. The van der Waals surface area contributed by atoms with Crippen molar-refractivity contribution in [3.63, 3.8) is 0 Å². The summed E-state index contributed by atoms with van der Waals surface area (Å²) in [6.45, 7) is 3.32. The molecule has 0 aliphatic carbocycles. The van der Waals surface area contributed by atoms with E-state index in [1.165, 1.54) is 13.2 Å². The Balaban J connectivity index is 2.38. The number of furan rings is 1. The SMILES string of the molecule is Cc1nc(NN)nc(NC(C)c2ccco2)c1[N+](=O)[O-]. The number of nitrogens with zero attached hydrogens (tertiary/aromatic N) is 3. The van der Waals surface area contributed by atoms with E-state index in [-0.39, 0.29) is 29.2 Å². The first-order valence-electron chi connectivity index (χ1n) is 5.82. The molecule has 4 N–H and O–H groups in total. The molecule has 0 spiro atoms. The fourth-order valence-corrected chi connectivity index (χ4v) is 1.76. The van der Waals surface area contributed by atoms with Crippen LogP contribution >= 0.6 is 0 Å². The van der Waals surface area contributed by atoms with Gasteiger partial charge in [0.05, 0.1) is 17.2 Å². The van der Waals surface area contributed by atoms with Gasteiger partial charge in [0, 0.05) is 0 Å². The van der Waals surface area contributed by atoms with Crippen LogP contribution in [-0.4, -0.2) is 14.9 Å². The molecule has 2 heterocycles. The fraction of sp³-hybridized carbons (Fsp3) is 0.273. The molecule has 0 saturated heterocycles. The van der Waals surface area contributed by atoms with Crippen LogP contribution in [0.4, 0.5) is 17.5 Å². The number of hydrazine groups is 1. The largest absolute Gasteiger partial charge is 0.467 e. The summed E-state index contributed by atoms with van der Waals surface area (Å²) in [7, 11) is 0.